The van der Waals surface area contributed by atoms with Gasteiger partial charge in [0.2, 0.25) is 0 Å². The standard InChI is InChI=1S/C24H18ClFN2O3/c1-30-21-12-7-15(14-22(21)31-2)13-20-24(29)28(17-10-8-16(25)9-11-17)23(27-20)18-5-3-4-6-19(18)26/h3-14H,1-2H3/b20-13+. The van der Waals surface area contributed by atoms with Crippen LogP contribution in [-0.2, 0) is 4.79 Å². The number of ether oxygens (including phenoxy) is 2. The summed E-state index contributed by atoms with van der Waals surface area (Å²) in [6.45, 7) is 0. The Bertz CT molecular complexity index is 1210. The summed E-state index contributed by atoms with van der Waals surface area (Å²) < 4.78 is 25.2. The number of amides is 1. The molecule has 0 unspecified atom stereocenters. The summed E-state index contributed by atoms with van der Waals surface area (Å²) in [7, 11) is 3.08. The first-order valence-corrected chi connectivity index (χ1v) is 9.77. The van der Waals surface area contributed by atoms with Crippen LogP contribution in [0.15, 0.2) is 77.4 Å². The molecule has 0 N–H and O–H groups in total. The van der Waals surface area contributed by atoms with Crippen LogP contribution in [0.4, 0.5) is 10.1 Å². The zero-order valence-electron chi connectivity index (χ0n) is 16.8. The number of benzene rings is 3. The van der Waals surface area contributed by atoms with Crippen molar-refractivity contribution in [2.24, 2.45) is 4.99 Å². The molecule has 3 aromatic carbocycles. The number of rotatable bonds is 5. The van der Waals surface area contributed by atoms with Crippen LogP contribution < -0.4 is 14.4 Å². The number of aliphatic imine (C=N–C) groups is 1. The van der Waals surface area contributed by atoms with Crippen molar-refractivity contribution in [1.29, 1.82) is 0 Å². The van der Waals surface area contributed by atoms with Crippen LogP contribution in [0.3, 0.4) is 0 Å². The topological polar surface area (TPSA) is 51.1 Å². The highest BCUT2D eigenvalue weighted by Crippen LogP contribution is 2.32. The van der Waals surface area contributed by atoms with E-state index >= 15 is 0 Å². The second-order valence-corrected chi connectivity index (χ2v) is 7.11. The molecule has 0 saturated heterocycles. The van der Waals surface area contributed by atoms with Crippen molar-refractivity contribution in [3.63, 3.8) is 0 Å². The van der Waals surface area contributed by atoms with Crippen molar-refractivity contribution >= 4 is 35.1 Å². The molecule has 4 rings (SSSR count). The normalized spacial score (nSPS) is 14.7. The molecule has 0 aromatic heterocycles. The third-order valence-corrected chi connectivity index (χ3v) is 5.02. The summed E-state index contributed by atoms with van der Waals surface area (Å²) in [4.78, 5) is 19.2. The van der Waals surface area contributed by atoms with Gasteiger partial charge in [0.15, 0.2) is 17.3 Å². The lowest BCUT2D eigenvalue weighted by Crippen LogP contribution is -2.33. The Kier molecular flexibility index (Phi) is 5.73. The van der Waals surface area contributed by atoms with E-state index in [0.717, 1.165) is 0 Å². The summed E-state index contributed by atoms with van der Waals surface area (Å²) in [5.41, 5.74) is 1.62. The Balaban J connectivity index is 1.83. The van der Waals surface area contributed by atoms with Crippen molar-refractivity contribution < 1.29 is 18.7 Å². The number of nitrogens with zero attached hydrogens (tertiary/aromatic N) is 2. The largest absolute Gasteiger partial charge is 0.493 e. The minimum Gasteiger partial charge on any atom is -0.493 e. The molecule has 31 heavy (non-hydrogen) atoms. The van der Waals surface area contributed by atoms with Gasteiger partial charge in [-0.1, -0.05) is 29.8 Å². The van der Waals surface area contributed by atoms with Crippen LogP contribution >= 0.6 is 11.6 Å². The predicted molar refractivity (Wildman–Crippen MR) is 119 cm³/mol. The maximum absolute atomic E-state index is 14.6. The number of halogens is 2. The molecular weight excluding hydrogens is 419 g/mol. The number of amidine groups is 1. The summed E-state index contributed by atoms with van der Waals surface area (Å²) in [5, 5.41) is 0.529. The third kappa shape index (κ3) is 4.02. The fraction of sp³-hybridized carbons (Fsp3) is 0.0833. The van der Waals surface area contributed by atoms with E-state index in [0.29, 0.717) is 27.8 Å². The minimum absolute atomic E-state index is 0.167. The van der Waals surface area contributed by atoms with E-state index < -0.39 is 5.82 Å². The Morgan fingerprint density at radius 3 is 2.35 bits per heavy atom. The zero-order chi connectivity index (χ0) is 22.0. The second-order valence-electron chi connectivity index (χ2n) is 6.68. The highest BCUT2D eigenvalue weighted by atomic mass is 35.5. The van der Waals surface area contributed by atoms with Crippen LogP contribution in [0.25, 0.3) is 6.08 Å². The Morgan fingerprint density at radius 2 is 1.68 bits per heavy atom. The average molecular weight is 437 g/mol. The lowest BCUT2D eigenvalue weighted by molar-refractivity contribution is -0.113. The SMILES string of the molecule is COc1ccc(/C=C2/N=C(c3ccccc3F)N(c3ccc(Cl)cc3)C2=O)cc1OC. The smallest absolute Gasteiger partial charge is 0.282 e. The molecule has 1 heterocycles. The molecule has 1 aliphatic heterocycles. The van der Waals surface area contributed by atoms with Crippen molar-refractivity contribution in [3.05, 3.63) is 94.4 Å². The van der Waals surface area contributed by atoms with Crippen molar-refractivity contribution in [2.75, 3.05) is 19.1 Å². The molecule has 0 aliphatic carbocycles. The minimum atomic E-state index is -0.472. The van der Waals surface area contributed by atoms with E-state index in [9.17, 15) is 9.18 Å². The molecule has 0 spiro atoms. The molecule has 0 atom stereocenters. The molecule has 0 radical (unpaired) electrons. The van der Waals surface area contributed by atoms with Gasteiger partial charge in [-0.15, -0.1) is 0 Å². The van der Waals surface area contributed by atoms with Gasteiger partial charge in [-0.3, -0.25) is 9.69 Å². The van der Waals surface area contributed by atoms with E-state index in [1.54, 1.807) is 73.8 Å². The van der Waals surface area contributed by atoms with E-state index in [1.807, 2.05) is 0 Å². The van der Waals surface area contributed by atoms with Crippen molar-refractivity contribution in [1.82, 2.24) is 0 Å². The number of carbonyl (C=O) groups excluding carboxylic acids is 1. The van der Waals surface area contributed by atoms with Gasteiger partial charge in [-0.2, -0.15) is 0 Å². The van der Waals surface area contributed by atoms with E-state index in [1.165, 1.54) is 18.1 Å². The van der Waals surface area contributed by atoms with Crippen molar-refractivity contribution in [2.45, 2.75) is 0 Å². The highest BCUT2D eigenvalue weighted by molar-refractivity contribution is 6.34. The van der Waals surface area contributed by atoms with Gasteiger partial charge in [0.05, 0.1) is 25.5 Å². The maximum Gasteiger partial charge on any atom is 0.282 e. The van der Waals surface area contributed by atoms with Gasteiger partial charge in [0.25, 0.3) is 5.91 Å². The Hall–Kier alpha value is -3.64. The number of methoxy groups -OCH3 is 2. The number of carbonyl (C=O) groups is 1. The zero-order valence-corrected chi connectivity index (χ0v) is 17.6. The maximum atomic E-state index is 14.6. The predicted octanol–water partition coefficient (Wildman–Crippen LogP) is 5.33. The van der Waals surface area contributed by atoms with Gasteiger partial charge in [-0.25, -0.2) is 9.38 Å². The number of hydrogen-bond donors (Lipinski definition) is 0. The lowest BCUT2D eigenvalue weighted by Gasteiger charge is -2.19. The molecule has 1 amide bonds. The number of hydrogen-bond acceptors (Lipinski definition) is 4. The van der Waals surface area contributed by atoms with Gasteiger partial charge < -0.3 is 9.47 Å². The Morgan fingerprint density at radius 1 is 0.968 bits per heavy atom. The number of anilines is 1. The summed E-state index contributed by atoms with van der Waals surface area (Å²) in [6, 6.07) is 18.2. The van der Waals surface area contributed by atoms with Crippen LogP contribution in [0, 0.1) is 5.82 Å². The van der Waals surface area contributed by atoms with Gasteiger partial charge in [0.1, 0.15) is 11.5 Å². The van der Waals surface area contributed by atoms with Gasteiger partial charge in [-0.05, 0) is 60.2 Å². The average Bonchev–Trinajstić information content (AvgIpc) is 3.10. The van der Waals surface area contributed by atoms with Crippen LogP contribution in [0.2, 0.25) is 5.02 Å². The first-order chi connectivity index (χ1) is 15.0. The molecule has 1 aliphatic rings. The fourth-order valence-corrected chi connectivity index (χ4v) is 3.40. The van der Waals surface area contributed by atoms with Gasteiger partial charge in [0, 0.05) is 5.02 Å². The van der Waals surface area contributed by atoms with Crippen LogP contribution in [0.1, 0.15) is 11.1 Å². The summed E-state index contributed by atoms with van der Waals surface area (Å²) in [6.07, 6.45) is 1.63. The Labute approximate surface area is 184 Å². The molecule has 5 nitrogen and oxygen atoms in total. The molecule has 156 valence electrons. The first kappa shape index (κ1) is 20.6. The van der Waals surface area contributed by atoms with E-state index in [-0.39, 0.29) is 23.0 Å². The third-order valence-electron chi connectivity index (χ3n) is 4.77. The van der Waals surface area contributed by atoms with E-state index in [4.69, 9.17) is 21.1 Å². The monoisotopic (exact) mass is 436 g/mol. The van der Waals surface area contributed by atoms with Gasteiger partial charge >= 0.3 is 0 Å². The molecule has 0 saturated carbocycles. The molecule has 0 bridgehead atoms. The highest BCUT2D eigenvalue weighted by Gasteiger charge is 2.33. The van der Waals surface area contributed by atoms with Crippen LogP contribution in [-0.4, -0.2) is 26.0 Å². The van der Waals surface area contributed by atoms with E-state index in [2.05, 4.69) is 4.99 Å². The first-order valence-electron chi connectivity index (χ1n) is 9.39. The molecular formula is C24H18ClFN2O3. The summed E-state index contributed by atoms with van der Waals surface area (Å²) >= 11 is 6.00. The molecule has 0 fully saturated rings. The van der Waals surface area contributed by atoms with Crippen LogP contribution in [0.5, 0.6) is 11.5 Å². The lowest BCUT2D eigenvalue weighted by atomic mass is 10.1. The second kappa shape index (κ2) is 8.62. The molecule has 7 heteroatoms. The quantitative estimate of drug-likeness (QED) is 0.508. The summed E-state index contributed by atoms with van der Waals surface area (Å²) in [5.74, 6) is 0.448. The molecule has 3 aromatic rings. The van der Waals surface area contributed by atoms with Crippen molar-refractivity contribution in [3.8, 4) is 11.5 Å². The fourth-order valence-electron chi connectivity index (χ4n) is 3.27.